The zero-order valence-corrected chi connectivity index (χ0v) is 16.1. The molecule has 0 unspecified atom stereocenters. The molecule has 136 valence electrons. The van der Waals surface area contributed by atoms with Gasteiger partial charge in [0, 0.05) is 22.0 Å². The minimum atomic E-state index is -0.300. The van der Waals surface area contributed by atoms with Crippen LogP contribution in [0.4, 0.5) is 10.2 Å². The van der Waals surface area contributed by atoms with Crippen LogP contribution >= 0.6 is 22.9 Å². The average Bonchev–Trinajstić information content (AvgIpc) is 2.97. The van der Waals surface area contributed by atoms with Crippen molar-refractivity contribution in [1.82, 2.24) is 14.9 Å². The Labute approximate surface area is 160 Å². The molecule has 7 heteroatoms. The summed E-state index contributed by atoms with van der Waals surface area (Å²) in [6, 6.07) is 4.73. The van der Waals surface area contributed by atoms with Crippen LogP contribution in [0.5, 0.6) is 0 Å². The van der Waals surface area contributed by atoms with Crippen LogP contribution < -0.4 is 5.73 Å². The van der Waals surface area contributed by atoms with E-state index in [1.807, 2.05) is 11.9 Å². The second-order valence-corrected chi connectivity index (χ2v) is 8.28. The van der Waals surface area contributed by atoms with E-state index in [4.69, 9.17) is 22.3 Å². The molecule has 1 aliphatic rings. The van der Waals surface area contributed by atoms with Crippen LogP contribution in [0.15, 0.2) is 18.2 Å². The van der Waals surface area contributed by atoms with Crippen molar-refractivity contribution in [2.24, 2.45) is 0 Å². The van der Waals surface area contributed by atoms with Crippen LogP contribution in [0.3, 0.4) is 0 Å². The van der Waals surface area contributed by atoms with E-state index < -0.39 is 0 Å². The van der Waals surface area contributed by atoms with Gasteiger partial charge in [-0.25, -0.2) is 14.4 Å². The zero-order valence-electron chi connectivity index (χ0n) is 14.6. The summed E-state index contributed by atoms with van der Waals surface area (Å²) in [5.41, 5.74) is 8.08. The molecule has 4 rings (SSSR count). The fraction of sp³-hybridized carbons (Fsp3) is 0.368. The Hall–Kier alpha value is -1.76. The molecule has 0 amide bonds. The Bertz CT molecular complexity index is 952. The number of nitrogen functional groups attached to an aromatic ring is 1. The number of aryl methyl sites for hydroxylation is 2. The number of halogens is 2. The number of nitrogens with zero attached hydrogens (tertiary/aromatic N) is 3. The summed E-state index contributed by atoms with van der Waals surface area (Å²) in [7, 11) is 1.89. The molecule has 0 aliphatic heterocycles. The molecule has 0 fully saturated rings. The van der Waals surface area contributed by atoms with Gasteiger partial charge in [-0.3, -0.25) is 4.90 Å². The molecule has 2 aromatic heterocycles. The van der Waals surface area contributed by atoms with Gasteiger partial charge < -0.3 is 5.73 Å². The molecule has 2 N–H and O–H groups in total. The first-order chi connectivity index (χ1) is 12.5. The van der Waals surface area contributed by atoms with E-state index in [-0.39, 0.29) is 5.82 Å². The van der Waals surface area contributed by atoms with Gasteiger partial charge in [0.25, 0.3) is 0 Å². The molecule has 2 heterocycles. The van der Waals surface area contributed by atoms with E-state index in [2.05, 4.69) is 4.98 Å². The number of rotatable bonds is 4. The lowest BCUT2D eigenvalue weighted by molar-refractivity contribution is 0.306. The minimum Gasteiger partial charge on any atom is -0.383 e. The van der Waals surface area contributed by atoms with Gasteiger partial charge in [0.2, 0.25) is 0 Å². The van der Waals surface area contributed by atoms with Crippen molar-refractivity contribution < 1.29 is 4.39 Å². The molecule has 1 aromatic carbocycles. The molecule has 0 radical (unpaired) electrons. The zero-order chi connectivity index (χ0) is 18.3. The molecule has 0 spiro atoms. The second kappa shape index (κ2) is 7.10. The highest BCUT2D eigenvalue weighted by atomic mass is 35.5. The smallest absolute Gasteiger partial charge is 0.146 e. The van der Waals surface area contributed by atoms with E-state index in [0.29, 0.717) is 35.3 Å². The summed E-state index contributed by atoms with van der Waals surface area (Å²) in [5, 5.41) is 1.46. The first kappa shape index (κ1) is 17.6. The molecular weight excluding hydrogens is 371 g/mol. The largest absolute Gasteiger partial charge is 0.383 e. The van der Waals surface area contributed by atoms with Crippen LogP contribution in [0, 0.1) is 5.82 Å². The molecule has 3 aromatic rings. The summed E-state index contributed by atoms with van der Waals surface area (Å²) in [6.07, 6.45) is 4.60. The van der Waals surface area contributed by atoms with Crippen molar-refractivity contribution in [2.75, 3.05) is 12.8 Å². The Morgan fingerprint density at radius 1 is 1.23 bits per heavy atom. The van der Waals surface area contributed by atoms with Gasteiger partial charge in [0.15, 0.2) is 0 Å². The van der Waals surface area contributed by atoms with Crippen LogP contribution in [0.1, 0.15) is 34.7 Å². The minimum absolute atomic E-state index is 0.300. The summed E-state index contributed by atoms with van der Waals surface area (Å²) in [6.45, 7) is 0.862. The number of nitrogens with two attached hydrogens (primary N) is 1. The third-order valence-corrected chi connectivity index (χ3v) is 6.33. The fourth-order valence-corrected chi connectivity index (χ4v) is 5.06. The van der Waals surface area contributed by atoms with Crippen LogP contribution in [-0.2, 0) is 25.9 Å². The molecule has 0 bridgehead atoms. The molecular formula is C19H20ClFN4S. The van der Waals surface area contributed by atoms with Gasteiger partial charge in [-0.05, 0) is 50.4 Å². The van der Waals surface area contributed by atoms with Gasteiger partial charge >= 0.3 is 0 Å². The normalized spacial score (nSPS) is 14.2. The Kier molecular flexibility index (Phi) is 4.82. The number of fused-ring (bicyclic) bond motifs is 3. The summed E-state index contributed by atoms with van der Waals surface area (Å²) >= 11 is 7.85. The first-order valence-corrected chi connectivity index (χ1v) is 9.90. The number of hydrogen-bond donors (Lipinski definition) is 1. The Morgan fingerprint density at radius 3 is 2.85 bits per heavy atom. The predicted octanol–water partition coefficient (Wildman–Crippen LogP) is 4.58. The number of benzene rings is 1. The van der Waals surface area contributed by atoms with Crippen molar-refractivity contribution in [3.63, 3.8) is 0 Å². The topological polar surface area (TPSA) is 55.0 Å². The standard InChI is InChI=1S/C19H20ClFN4S/c1-25(9-12-13(20)6-4-7-14(12)21)10-16-23-18(22)17-11-5-2-3-8-15(11)26-19(17)24-16/h4,6-7H,2-3,5,8-10H2,1H3,(H2,22,23,24). The van der Waals surface area contributed by atoms with E-state index >= 15 is 0 Å². The van der Waals surface area contributed by atoms with Crippen molar-refractivity contribution in [1.29, 1.82) is 0 Å². The Morgan fingerprint density at radius 2 is 2.04 bits per heavy atom. The van der Waals surface area contributed by atoms with Crippen LogP contribution in [0.25, 0.3) is 10.2 Å². The molecule has 0 saturated carbocycles. The second-order valence-electron chi connectivity index (χ2n) is 6.79. The number of anilines is 1. The molecule has 26 heavy (non-hydrogen) atoms. The van der Waals surface area contributed by atoms with Crippen molar-refractivity contribution in [3.05, 3.63) is 50.9 Å². The maximum atomic E-state index is 14.0. The third kappa shape index (κ3) is 3.29. The van der Waals surface area contributed by atoms with Crippen molar-refractivity contribution >= 4 is 39.0 Å². The monoisotopic (exact) mass is 390 g/mol. The van der Waals surface area contributed by atoms with E-state index in [0.717, 1.165) is 23.1 Å². The number of thiophene rings is 1. The van der Waals surface area contributed by atoms with E-state index in [9.17, 15) is 4.39 Å². The SMILES string of the molecule is CN(Cc1nc(N)c2c3c(sc2n1)CCCC3)Cc1c(F)cccc1Cl. The van der Waals surface area contributed by atoms with Gasteiger partial charge in [0.05, 0.1) is 11.9 Å². The lowest BCUT2D eigenvalue weighted by Crippen LogP contribution is -2.20. The first-order valence-electron chi connectivity index (χ1n) is 8.71. The summed E-state index contributed by atoms with van der Waals surface area (Å²) in [4.78, 5) is 13.6. The molecule has 0 saturated heterocycles. The lowest BCUT2D eigenvalue weighted by Gasteiger charge is -2.17. The quantitative estimate of drug-likeness (QED) is 0.708. The molecule has 1 aliphatic carbocycles. The van der Waals surface area contributed by atoms with Gasteiger partial charge in [-0.1, -0.05) is 17.7 Å². The highest BCUT2D eigenvalue weighted by Gasteiger charge is 2.20. The fourth-order valence-electron chi connectivity index (χ4n) is 3.55. The van der Waals surface area contributed by atoms with Crippen LogP contribution in [0.2, 0.25) is 5.02 Å². The summed E-state index contributed by atoms with van der Waals surface area (Å²) in [5.74, 6) is 0.913. The van der Waals surface area contributed by atoms with Crippen LogP contribution in [-0.4, -0.2) is 21.9 Å². The average molecular weight is 391 g/mol. The number of hydrogen-bond acceptors (Lipinski definition) is 5. The third-order valence-electron chi connectivity index (χ3n) is 4.79. The van der Waals surface area contributed by atoms with Gasteiger partial charge in [-0.2, -0.15) is 0 Å². The van der Waals surface area contributed by atoms with E-state index in [1.54, 1.807) is 23.5 Å². The lowest BCUT2D eigenvalue weighted by atomic mass is 9.97. The molecule has 0 atom stereocenters. The molecule has 4 nitrogen and oxygen atoms in total. The van der Waals surface area contributed by atoms with Crippen molar-refractivity contribution in [2.45, 2.75) is 38.8 Å². The maximum absolute atomic E-state index is 14.0. The predicted molar refractivity (Wildman–Crippen MR) is 105 cm³/mol. The Balaban J connectivity index is 1.59. The summed E-state index contributed by atoms with van der Waals surface area (Å²) < 4.78 is 14.0. The highest BCUT2D eigenvalue weighted by Crippen LogP contribution is 2.37. The number of aromatic nitrogens is 2. The highest BCUT2D eigenvalue weighted by molar-refractivity contribution is 7.19. The van der Waals surface area contributed by atoms with Gasteiger partial charge in [0.1, 0.15) is 22.3 Å². The van der Waals surface area contributed by atoms with Gasteiger partial charge in [-0.15, -0.1) is 11.3 Å². The van der Waals surface area contributed by atoms with Crippen molar-refractivity contribution in [3.8, 4) is 0 Å². The van der Waals surface area contributed by atoms with E-state index in [1.165, 1.54) is 29.3 Å². The maximum Gasteiger partial charge on any atom is 0.146 e.